The van der Waals surface area contributed by atoms with Gasteiger partial charge in [-0.05, 0) is 38.1 Å². The number of carboxylic acids is 2. The van der Waals surface area contributed by atoms with Gasteiger partial charge in [0.1, 0.15) is 12.1 Å². The van der Waals surface area contributed by atoms with E-state index in [0.29, 0.717) is 19.4 Å². The monoisotopic (exact) mass is 445 g/mol. The molecule has 178 valence electrons. The second-order valence-electron chi connectivity index (χ2n) is 7.69. The lowest BCUT2D eigenvalue weighted by Gasteiger charge is -2.22. The first-order valence-electron chi connectivity index (χ1n) is 10.3. The zero-order chi connectivity index (χ0) is 24.0. The van der Waals surface area contributed by atoms with E-state index in [4.69, 9.17) is 16.6 Å². The Morgan fingerprint density at radius 2 is 1.55 bits per heavy atom. The van der Waals surface area contributed by atoms with Gasteiger partial charge in [-0.3, -0.25) is 19.2 Å². The zero-order valence-corrected chi connectivity index (χ0v) is 18.1. The van der Waals surface area contributed by atoms with Crippen molar-refractivity contribution in [3.05, 3.63) is 0 Å². The minimum atomic E-state index is -1.27. The first kappa shape index (κ1) is 28.3. The Morgan fingerprint density at radius 1 is 0.903 bits per heavy atom. The van der Waals surface area contributed by atoms with Crippen molar-refractivity contribution in [2.24, 2.45) is 17.4 Å². The average molecular weight is 446 g/mol. The van der Waals surface area contributed by atoms with E-state index in [-0.39, 0.29) is 18.8 Å². The van der Waals surface area contributed by atoms with Crippen molar-refractivity contribution in [2.45, 2.75) is 70.5 Å². The van der Waals surface area contributed by atoms with Gasteiger partial charge < -0.3 is 37.6 Å². The number of carboxylic acid groups (broad SMARTS) is 2. The summed E-state index contributed by atoms with van der Waals surface area (Å²) in [5.41, 5.74) is 11.1. The molecule has 0 radical (unpaired) electrons. The van der Waals surface area contributed by atoms with Crippen molar-refractivity contribution in [3.8, 4) is 0 Å². The highest BCUT2D eigenvalue weighted by Gasteiger charge is 2.27. The van der Waals surface area contributed by atoms with Crippen molar-refractivity contribution >= 4 is 29.7 Å². The molecule has 0 fully saturated rings. The van der Waals surface area contributed by atoms with Crippen molar-refractivity contribution in [1.29, 1.82) is 0 Å². The van der Waals surface area contributed by atoms with E-state index in [1.807, 2.05) is 0 Å². The van der Waals surface area contributed by atoms with E-state index in [1.54, 1.807) is 13.8 Å². The maximum absolute atomic E-state index is 12.5. The molecule has 0 aliphatic rings. The van der Waals surface area contributed by atoms with E-state index in [2.05, 4.69) is 16.0 Å². The van der Waals surface area contributed by atoms with Gasteiger partial charge in [-0.2, -0.15) is 0 Å². The molecule has 9 N–H and O–H groups in total. The minimum Gasteiger partial charge on any atom is -0.481 e. The van der Waals surface area contributed by atoms with Crippen LogP contribution < -0.4 is 27.4 Å². The average Bonchev–Trinajstić information content (AvgIpc) is 2.67. The van der Waals surface area contributed by atoms with Gasteiger partial charge in [0, 0.05) is 6.42 Å². The Morgan fingerprint density at radius 3 is 2.06 bits per heavy atom. The summed E-state index contributed by atoms with van der Waals surface area (Å²) in [6.07, 6.45) is 1.29. The van der Waals surface area contributed by atoms with Gasteiger partial charge in [0.05, 0.1) is 12.6 Å². The Labute approximate surface area is 181 Å². The predicted molar refractivity (Wildman–Crippen MR) is 112 cm³/mol. The van der Waals surface area contributed by atoms with Crippen LogP contribution in [0.3, 0.4) is 0 Å². The number of amides is 3. The van der Waals surface area contributed by atoms with Crippen LogP contribution in [0.4, 0.5) is 0 Å². The molecule has 0 aromatic rings. The van der Waals surface area contributed by atoms with Gasteiger partial charge in [0.15, 0.2) is 0 Å². The van der Waals surface area contributed by atoms with Gasteiger partial charge in [-0.1, -0.05) is 20.3 Å². The zero-order valence-electron chi connectivity index (χ0n) is 18.1. The highest BCUT2D eigenvalue weighted by Crippen LogP contribution is 2.07. The summed E-state index contributed by atoms with van der Waals surface area (Å²) in [6.45, 7) is 3.59. The fourth-order valence-corrected chi connectivity index (χ4v) is 2.69. The highest BCUT2D eigenvalue weighted by molar-refractivity contribution is 5.92. The predicted octanol–water partition coefficient (Wildman–Crippen LogP) is -1.48. The maximum Gasteiger partial charge on any atom is 0.326 e. The maximum atomic E-state index is 12.5. The molecule has 0 spiro atoms. The van der Waals surface area contributed by atoms with Crippen LogP contribution in [-0.4, -0.2) is 71.1 Å². The number of nitrogens with two attached hydrogens (primary N) is 2. The molecule has 0 aromatic heterocycles. The number of hydrogen-bond donors (Lipinski definition) is 7. The number of carbonyl (C=O) groups excluding carboxylic acids is 3. The van der Waals surface area contributed by atoms with E-state index in [0.717, 1.165) is 6.42 Å². The van der Waals surface area contributed by atoms with Crippen LogP contribution in [0.25, 0.3) is 0 Å². The summed E-state index contributed by atoms with van der Waals surface area (Å²) in [7, 11) is 0. The molecule has 0 aliphatic carbocycles. The summed E-state index contributed by atoms with van der Waals surface area (Å²) >= 11 is 0. The molecule has 0 saturated carbocycles. The molecule has 3 unspecified atom stereocenters. The second kappa shape index (κ2) is 15.1. The Kier molecular flexibility index (Phi) is 13.8. The minimum absolute atomic E-state index is 0.0160. The lowest BCUT2D eigenvalue weighted by Crippen LogP contribution is -2.54. The van der Waals surface area contributed by atoms with Crippen molar-refractivity contribution in [3.63, 3.8) is 0 Å². The molecular weight excluding hydrogens is 410 g/mol. The van der Waals surface area contributed by atoms with Gasteiger partial charge in [0.2, 0.25) is 17.7 Å². The molecule has 12 heteroatoms. The van der Waals surface area contributed by atoms with Gasteiger partial charge in [-0.15, -0.1) is 0 Å². The number of carbonyl (C=O) groups is 5. The molecule has 0 rings (SSSR count). The molecule has 31 heavy (non-hydrogen) atoms. The molecule has 0 aliphatic heterocycles. The van der Waals surface area contributed by atoms with Crippen LogP contribution in [0.15, 0.2) is 0 Å². The first-order chi connectivity index (χ1) is 14.5. The van der Waals surface area contributed by atoms with Crippen LogP contribution in [0.5, 0.6) is 0 Å². The van der Waals surface area contributed by atoms with Crippen LogP contribution in [0.1, 0.15) is 52.4 Å². The molecule has 12 nitrogen and oxygen atoms in total. The van der Waals surface area contributed by atoms with Crippen molar-refractivity contribution in [2.75, 3.05) is 13.1 Å². The summed E-state index contributed by atoms with van der Waals surface area (Å²) in [5, 5.41) is 25.2. The number of unbranched alkanes of at least 4 members (excludes halogenated alkanes) is 1. The third-order valence-electron chi connectivity index (χ3n) is 4.35. The smallest absolute Gasteiger partial charge is 0.326 e. The second-order valence-corrected chi connectivity index (χ2v) is 7.69. The van der Waals surface area contributed by atoms with Crippen LogP contribution in [-0.2, 0) is 24.0 Å². The molecule has 0 saturated heterocycles. The molecule has 3 atom stereocenters. The number of rotatable bonds is 16. The van der Waals surface area contributed by atoms with E-state index in [9.17, 15) is 29.1 Å². The van der Waals surface area contributed by atoms with Gasteiger partial charge >= 0.3 is 11.9 Å². The summed E-state index contributed by atoms with van der Waals surface area (Å²) < 4.78 is 0. The number of hydrogen-bond acceptors (Lipinski definition) is 7. The quantitative estimate of drug-likeness (QED) is 0.138. The summed E-state index contributed by atoms with van der Waals surface area (Å²) in [5.74, 6) is -4.52. The largest absolute Gasteiger partial charge is 0.481 e. The standard InChI is InChI=1S/C19H35N5O7/c1-11(2)9-14(19(30)31)24-18(29)13(6-7-16(26)27)23-15(25)10-22-17(28)12(21)5-3-4-8-20/h11-14H,3-10,20-21H2,1-2H3,(H,22,28)(H,23,25)(H,24,29)(H,26,27)(H,30,31). The lowest BCUT2D eigenvalue weighted by atomic mass is 10.0. The molecule has 0 bridgehead atoms. The fraction of sp³-hybridized carbons (Fsp3) is 0.737. The van der Waals surface area contributed by atoms with Crippen molar-refractivity contribution in [1.82, 2.24) is 16.0 Å². The van der Waals surface area contributed by atoms with Crippen LogP contribution in [0.2, 0.25) is 0 Å². The van der Waals surface area contributed by atoms with Crippen molar-refractivity contribution < 1.29 is 34.2 Å². The molecule has 3 amide bonds. The Bertz CT molecular complexity index is 627. The number of aliphatic carboxylic acids is 2. The third kappa shape index (κ3) is 13.2. The molecular formula is C19H35N5O7. The summed E-state index contributed by atoms with van der Waals surface area (Å²) in [6, 6.07) is -3.26. The fourth-order valence-electron chi connectivity index (χ4n) is 2.69. The lowest BCUT2D eigenvalue weighted by molar-refractivity contribution is -0.143. The van der Waals surface area contributed by atoms with Crippen LogP contribution in [0, 0.1) is 5.92 Å². The molecule has 0 heterocycles. The van der Waals surface area contributed by atoms with E-state index in [1.165, 1.54) is 0 Å². The van der Waals surface area contributed by atoms with Gasteiger partial charge in [0.25, 0.3) is 0 Å². The van der Waals surface area contributed by atoms with E-state index >= 15 is 0 Å². The number of nitrogens with one attached hydrogen (secondary N) is 3. The first-order valence-corrected chi connectivity index (χ1v) is 10.3. The highest BCUT2D eigenvalue weighted by atomic mass is 16.4. The van der Waals surface area contributed by atoms with Gasteiger partial charge in [-0.25, -0.2) is 4.79 Å². The topological polar surface area (TPSA) is 214 Å². The van der Waals surface area contributed by atoms with E-state index < -0.39 is 60.8 Å². The Balaban J connectivity index is 4.88. The normalized spacial score (nSPS) is 13.7. The Hall–Kier alpha value is -2.73. The summed E-state index contributed by atoms with van der Waals surface area (Å²) in [4.78, 5) is 58.8. The third-order valence-corrected chi connectivity index (χ3v) is 4.35. The van der Waals surface area contributed by atoms with Crippen LogP contribution >= 0.6 is 0 Å². The molecule has 0 aromatic carbocycles. The SMILES string of the molecule is CC(C)CC(NC(=O)C(CCC(=O)O)NC(=O)CNC(=O)C(N)CCCCN)C(=O)O.